The third-order valence-corrected chi connectivity index (χ3v) is 8.79. The maximum atomic E-state index is 15.1. The van der Waals surface area contributed by atoms with Crippen LogP contribution in [0.2, 0.25) is 0 Å². The molecule has 4 heterocycles. The Bertz CT molecular complexity index is 1440. The molecule has 3 fully saturated rings. The minimum atomic E-state index is -0.984. The Morgan fingerprint density at radius 1 is 1.02 bits per heavy atom. The monoisotopic (exact) mass is 588 g/mol. The first-order valence-electron chi connectivity index (χ1n) is 15.0. The number of carbonyl (C=O) groups excluding carboxylic acids is 1. The number of rotatable bonds is 8. The smallest absolute Gasteiger partial charge is 0.335 e. The SMILES string of the molecule is Cc1ccc(F)c(C2CN(C3CCOCC3)C(=O)N2C2CCN(Cc3ccc(Oc4ccc(C(=O)O)cc4)nc3)CC2)c1. The zero-order chi connectivity index (χ0) is 29.9. The Hall–Kier alpha value is -4.02. The van der Waals surface area contributed by atoms with Gasteiger partial charge in [-0.05, 0) is 68.5 Å². The maximum absolute atomic E-state index is 15.1. The number of aromatic carboxylic acids is 1. The van der Waals surface area contributed by atoms with Gasteiger partial charge < -0.3 is 24.4 Å². The van der Waals surface area contributed by atoms with Crippen molar-refractivity contribution in [1.29, 1.82) is 0 Å². The second kappa shape index (κ2) is 12.7. The van der Waals surface area contributed by atoms with Gasteiger partial charge in [0.25, 0.3) is 0 Å². The minimum Gasteiger partial charge on any atom is -0.478 e. The van der Waals surface area contributed by atoms with Gasteiger partial charge in [-0.1, -0.05) is 23.8 Å². The molecule has 0 aliphatic carbocycles. The van der Waals surface area contributed by atoms with Crippen molar-refractivity contribution in [3.63, 3.8) is 0 Å². The van der Waals surface area contributed by atoms with Gasteiger partial charge in [0, 0.05) is 69.3 Å². The lowest BCUT2D eigenvalue weighted by molar-refractivity contribution is 0.0493. The number of benzene rings is 2. The van der Waals surface area contributed by atoms with E-state index < -0.39 is 5.97 Å². The van der Waals surface area contributed by atoms with Crippen molar-refractivity contribution in [3.05, 3.63) is 88.9 Å². The number of halogens is 1. The van der Waals surface area contributed by atoms with Crippen molar-refractivity contribution < 1.29 is 28.6 Å². The first-order chi connectivity index (χ1) is 20.9. The third-order valence-electron chi connectivity index (χ3n) is 8.79. The molecule has 3 aliphatic heterocycles. The van der Waals surface area contributed by atoms with Crippen LogP contribution in [0.5, 0.6) is 11.6 Å². The highest BCUT2D eigenvalue weighted by molar-refractivity contribution is 5.87. The van der Waals surface area contributed by atoms with Crippen LogP contribution < -0.4 is 4.74 Å². The molecular formula is C33H37FN4O5. The van der Waals surface area contributed by atoms with E-state index in [1.807, 2.05) is 34.9 Å². The lowest BCUT2D eigenvalue weighted by atomic mass is 9.97. The molecule has 0 saturated carbocycles. The summed E-state index contributed by atoms with van der Waals surface area (Å²) < 4.78 is 26.4. The second-order valence-corrected chi connectivity index (χ2v) is 11.7. The molecule has 1 N–H and O–H groups in total. The molecule has 43 heavy (non-hydrogen) atoms. The van der Waals surface area contributed by atoms with Gasteiger partial charge in [-0.25, -0.2) is 19.0 Å². The average molecular weight is 589 g/mol. The number of piperidine rings is 1. The van der Waals surface area contributed by atoms with Gasteiger partial charge in [-0.15, -0.1) is 0 Å². The van der Waals surface area contributed by atoms with Gasteiger partial charge in [0.15, 0.2) is 0 Å². The fourth-order valence-corrected chi connectivity index (χ4v) is 6.48. The number of carbonyl (C=O) groups is 2. The topological polar surface area (TPSA) is 95.4 Å². The summed E-state index contributed by atoms with van der Waals surface area (Å²) in [5.74, 6) is -0.288. The number of pyridine rings is 1. The van der Waals surface area contributed by atoms with E-state index in [2.05, 4.69) is 9.88 Å². The van der Waals surface area contributed by atoms with Gasteiger partial charge in [0.05, 0.1) is 11.6 Å². The Kier molecular flexibility index (Phi) is 8.58. The standard InChI is InChI=1S/C33H37FN4O5/c1-22-2-8-29(34)28(18-22)30-21-37(25-12-16-42-17-13-25)33(41)38(30)26-10-14-36(15-11-26)20-23-3-9-31(35-19-23)43-27-6-4-24(5-7-27)32(39)40/h2-9,18-19,25-26,30H,10-17,20-21H2,1H3,(H,39,40). The number of aryl methyl sites for hydroxylation is 1. The molecule has 9 nitrogen and oxygen atoms in total. The summed E-state index contributed by atoms with van der Waals surface area (Å²) in [6.07, 6.45) is 5.06. The van der Waals surface area contributed by atoms with E-state index in [0.717, 1.165) is 56.4 Å². The number of carboxylic acid groups (broad SMARTS) is 1. The van der Waals surface area contributed by atoms with E-state index in [-0.39, 0.29) is 35.5 Å². The van der Waals surface area contributed by atoms with E-state index in [4.69, 9.17) is 14.6 Å². The molecule has 0 bridgehead atoms. The van der Waals surface area contributed by atoms with Crippen LogP contribution in [0, 0.1) is 12.7 Å². The summed E-state index contributed by atoms with van der Waals surface area (Å²) in [5, 5.41) is 9.06. The highest BCUT2D eigenvalue weighted by atomic mass is 19.1. The van der Waals surface area contributed by atoms with Crippen LogP contribution in [0.4, 0.5) is 9.18 Å². The fourth-order valence-electron chi connectivity index (χ4n) is 6.48. The Labute approximate surface area is 250 Å². The first-order valence-corrected chi connectivity index (χ1v) is 15.0. The molecular weight excluding hydrogens is 551 g/mol. The van der Waals surface area contributed by atoms with Gasteiger partial charge in [0.2, 0.25) is 5.88 Å². The summed E-state index contributed by atoms with van der Waals surface area (Å²) in [7, 11) is 0. The summed E-state index contributed by atoms with van der Waals surface area (Å²) in [6.45, 7) is 6.15. The van der Waals surface area contributed by atoms with Crippen LogP contribution in [-0.2, 0) is 11.3 Å². The summed E-state index contributed by atoms with van der Waals surface area (Å²) in [4.78, 5) is 35.7. The second-order valence-electron chi connectivity index (χ2n) is 11.7. The number of amides is 2. The number of hydrogen-bond donors (Lipinski definition) is 1. The molecule has 1 atom stereocenters. The van der Waals surface area contributed by atoms with Crippen molar-refractivity contribution >= 4 is 12.0 Å². The minimum absolute atomic E-state index is 0.0219. The van der Waals surface area contributed by atoms with Gasteiger partial charge in [0.1, 0.15) is 11.6 Å². The molecule has 1 unspecified atom stereocenters. The van der Waals surface area contributed by atoms with E-state index in [1.54, 1.807) is 24.4 Å². The predicted molar refractivity (Wildman–Crippen MR) is 158 cm³/mol. The molecule has 1 aromatic heterocycles. The molecule has 3 aliphatic rings. The zero-order valence-electron chi connectivity index (χ0n) is 24.3. The summed E-state index contributed by atoms with van der Waals surface area (Å²) in [6, 6.07) is 15.1. The third kappa shape index (κ3) is 6.50. The van der Waals surface area contributed by atoms with Crippen molar-refractivity contribution in [2.24, 2.45) is 0 Å². The number of likely N-dealkylation sites (tertiary alicyclic amines) is 1. The van der Waals surface area contributed by atoms with Crippen LogP contribution in [0.3, 0.4) is 0 Å². The normalized spacial score (nSPS) is 20.5. The van der Waals surface area contributed by atoms with E-state index in [0.29, 0.717) is 37.0 Å². The maximum Gasteiger partial charge on any atom is 0.335 e. The molecule has 3 aromatic rings. The largest absolute Gasteiger partial charge is 0.478 e. The molecule has 10 heteroatoms. The number of carboxylic acids is 1. The number of urea groups is 1. The van der Waals surface area contributed by atoms with Crippen LogP contribution in [0.15, 0.2) is 60.8 Å². The first kappa shape index (κ1) is 29.1. The number of aromatic nitrogens is 1. The van der Waals surface area contributed by atoms with Crippen LogP contribution in [-0.4, -0.2) is 81.7 Å². The molecule has 226 valence electrons. The van der Waals surface area contributed by atoms with E-state index in [1.165, 1.54) is 18.2 Å². The molecule has 2 amide bonds. The van der Waals surface area contributed by atoms with Gasteiger partial charge in [-0.3, -0.25) is 4.90 Å². The molecule has 0 spiro atoms. The lowest BCUT2D eigenvalue weighted by Crippen LogP contribution is -2.48. The number of nitrogens with zero attached hydrogens (tertiary/aromatic N) is 4. The van der Waals surface area contributed by atoms with Crippen LogP contribution in [0.1, 0.15) is 58.8 Å². The number of hydrogen-bond acceptors (Lipinski definition) is 6. The van der Waals surface area contributed by atoms with Crippen LogP contribution >= 0.6 is 0 Å². The summed E-state index contributed by atoms with van der Waals surface area (Å²) in [5.41, 5.74) is 2.85. The van der Waals surface area contributed by atoms with Gasteiger partial charge >= 0.3 is 12.0 Å². The Morgan fingerprint density at radius 2 is 1.77 bits per heavy atom. The number of ether oxygens (including phenoxy) is 2. The van der Waals surface area contributed by atoms with Crippen molar-refractivity contribution in [2.75, 3.05) is 32.8 Å². The average Bonchev–Trinajstić information content (AvgIpc) is 3.37. The van der Waals surface area contributed by atoms with E-state index in [9.17, 15) is 9.59 Å². The van der Waals surface area contributed by atoms with Gasteiger partial charge in [-0.2, -0.15) is 0 Å². The zero-order valence-corrected chi connectivity index (χ0v) is 24.3. The summed E-state index contributed by atoms with van der Waals surface area (Å²) >= 11 is 0. The van der Waals surface area contributed by atoms with Crippen molar-refractivity contribution in [2.45, 2.75) is 57.3 Å². The van der Waals surface area contributed by atoms with E-state index >= 15 is 4.39 Å². The Morgan fingerprint density at radius 3 is 2.44 bits per heavy atom. The van der Waals surface area contributed by atoms with Crippen LogP contribution in [0.25, 0.3) is 0 Å². The Balaban J connectivity index is 1.09. The highest BCUT2D eigenvalue weighted by Crippen LogP contribution is 2.38. The molecule has 6 rings (SSSR count). The lowest BCUT2D eigenvalue weighted by Gasteiger charge is -2.39. The van der Waals surface area contributed by atoms with Crippen molar-refractivity contribution in [3.8, 4) is 11.6 Å². The van der Waals surface area contributed by atoms with Crippen molar-refractivity contribution in [1.82, 2.24) is 19.7 Å². The fraction of sp³-hybridized carbons (Fsp3) is 0.424. The quantitative estimate of drug-likeness (QED) is 0.364. The predicted octanol–water partition coefficient (Wildman–Crippen LogP) is 5.64. The molecule has 3 saturated heterocycles. The molecule has 0 radical (unpaired) electrons. The highest BCUT2D eigenvalue weighted by Gasteiger charge is 2.46. The molecule has 2 aromatic carbocycles.